The van der Waals surface area contributed by atoms with Gasteiger partial charge in [0.25, 0.3) is 7.82 Å². The normalized spacial score (nSPS) is 13.8. The highest BCUT2D eigenvalue weighted by Gasteiger charge is 2.23. The Kier molecular flexibility index (Phi) is 64.7. The smallest absolute Gasteiger partial charge is 0.268 e. The second-order valence-electron chi connectivity index (χ2n) is 26.6. The lowest BCUT2D eigenvalue weighted by Crippen LogP contribution is -2.45. The molecule has 0 fully saturated rings. The highest BCUT2D eigenvalue weighted by Crippen LogP contribution is 2.38. The summed E-state index contributed by atoms with van der Waals surface area (Å²) in [7, 11) is 1.26. The molecule has 0 saturated heterocycles. The van der Waals surface area contributed by atoms with Crippen LogP contribution in [-0.2, 0) is 18.4 Å². The van der Waals surface area contributed by atoms with Crippen LogP contribution in [0.4, 0.5) is 0 Å². The number of aliphatic hydroxyl groups excluding tert-OH is 1. The largest absolute Gasteiger partial charge is 0.756 e. The molecule has 1 amide bonds. The van der Waals surface area contributed by atoms with E-state index in [0.717, 1.165) is 44.9 Å². The van der Waals surface area contributed by atoms with Crippen molar-refractivity contribution < 1.29 is 32.9 Å². The Bertz CT molecular complexity index is 1510. The van der Waals surface area contributed by atoms with Gasteiger partial charge in [-0.3, -0.25) is 9.36 Å². The van der Waals surface area contributed by atoms with Gasteiger partial charge in [0.2, 0.25) is 5.91 Å². The Balaban J connectivity index is 3.99. The van der Waals surface area contributed by atoms with E-state index in [4.69, 9.17) is 9.05 Å². The van der Waals surface area contributed by atoms with E-state index in [-0.39, 0.29) is 19.1 Å². The quantitative estimate of drug-likeness (QED) is 0.0272. The molecule has 0 aromatic heterocycles. The minimum absolute atomic E-state index is 0.00475. The maximum atomic E-state index is 13.0. The Hall–Kier alpha value is -1.54. The van der Waals surface area contributed by atoms with Crippen LogP contribution in [0.15, 0.2) is 48.6 Å². The maximum Gasteiger partial charge on any atom is 0.268 e. The summed E-state index contributed by atoms with van der Waals surface area (Å²) < 4.78 is 23.5. The van der Waals surface area contributed by atoms with Gasteiger partial charge in [0.05, 0.1) is 39.9 Å². The molecule has 9 heteroatoms. The zero-order chi connectivity index (χ0) is 61.2. The summed E-state index contributed by atoms with van der Waals surface area (Å²) in [5.74, 6) is -0.200. The van der Waals surface area contributed by atoms with E-state index in [1.54, 1.807) is 6.08 Å². The van der Waals surface area contributed by atoms with Gasteiger partial charge in [-0.15, -0.1) is 0 Å². The fourth-order valence-corrected chi connectivity index (χ4v) is 12.0. The molecule has 3 atom stereocenters. The monoisotopic (exact) mass is 1200 g/mol. The number of phosphoric acid groups is 1. The van der Waals surface area contributed by atoms with Crippen LogP contribution < -0.4 is 10.2 Å². The Morgan fingerprint density at radius 1 is 0.417 bits per heavy atom. The number of likely N-dealkylation sites (N-methyl/N-ethyl adjacent to an activating group) is 1. The number of amides is 1. The van der Waals surface area contributed by atoms with Gasteiger partial charge in [-0.2, -0.15) is 0 Å². The first kappa shape index (κ1) is 82.5. The molecule has 0 heterocycles. The molecule has 0 rings (SSSR count). The molecule has 0 aliphatic rings. The first-order chi connectivity index (χ1) is 41.0. The molecule has 2 N–H and O–H groups in total. The molecule has 0 aromatic rings. The SMILES string of the molecule is CCCCCCC/C=C\C/C=C\CCCCCCCCCCCCCCCCCCCCCCCCCCCC(=O)NC(COP(=O)([O-])OCC[N+](C)(C)C)C(O)/C=C/CC/C=C/CCCCCCCCCCCCCCCCCCCCC. The van der Waals surface area contributed by atoms with Crippen LogP contribution in [0.1, 0.15) is 373 Å². The number of aliphatic hydroxyl groups is 1. The van der Waals surface area contributed by atoms with Gasteiger partial charge in [0, 0.05) is 6.42 Å². The van der Waals surface area contributed by atoms with Crippen molar-refractivity contribution in [3.8, 4) is 0 Å². The van der Waals surface area contributed by atoms with E-state index in [1.165, 1.54) is 308 Å². The second-order valence-corrected chi connectivity index (χ2v) is 28.1. The van der Waals surface area contributed by atoms with Crippen molar-refractivity contribution >= 4 is 13.7 Å². The minimum Gasteiger partial charge on any atom is -0.756 e. The number of nitrogens with one attached hydrogen (secondary N) is 1. The number of hydrogen-bond acceptors (Lipinski definition) is 6. The molecule has 0 bridgehead atoms. The molecule has 0 aliphatic heterocycles. The predicted octanol–water partition coefficient (Wildman–Crippen LogP) is 23.2. The van der Waals surface area contributed by atoms with Gasteiger partial charge in [0.1, 0.15) is 13.2 Å². The summed E-state index contributed by atoms with van der Waals surface area (Å²) in [4.78, 5) is 25.6. The number of phosphoric ester groups is 1. The minimum atomic E-state index is -4.61. The third-order valence-electron chi connectivity index (χ3n) is 17.0. The van der Waals surface area contributed by atoms with E-state index >= 15 is 0 Å². The molecule has 8 nitrogen and oxygen atoms in total. The summed E-state index contributed by atoms with van der Waals surface area (Å²) in [6.45, 7) is 4.67. The highest BCUT2D eigenvalue weighted by atomic mass is 31.2. The summed E-state index contributed by atoms with van der Waals surface area (Å²) in [5.41, 5.74) is 0. The average Bonchev–Trinajstić information content (AvgIpc) is 3.56. The van der Waals surface area contributed by atoms with Crippen molar-refractivity contribution in [3.05, 3.63) is 48.6 Å². The van der Waals surface area contributed by atoms with Gasteiger partial charge in [-0.05, 0) is 64.2 Å². The number of hydrogen-bond donors (Lipinski definition) is 2. The lowest BCUT2D eigenvalue weighted by Gasteiger charge is -2.29. The molecule has 84 heavy (non-hydrogen) atoms. The molecule has 3 unspecified atom stereocenters. The van der Waals surface area contributed by atoms with Crippen molar-refractivity contribution in [1.29, 1.82) is 0 Å². The number of unbranched alkanes of at least 4 members (excludes halogenated alkanes) is 50. The first-order valence-electron chi connectivity index (χ1n) is 37.0. The molecule has 0 saturated carbocycles. The Morgan fingerprint density at radius 2 is 0.702 bits per heavy atom. The molecular formula is C75H145N2O6P. The van der Waals surface area contributed by atoms with E-state index in [2.05, 4.69) is 55.6 Å². The fraction of sp³-hybridized carbons (Fsp3) is 0.880. The van der Waals surface area contributed by atoms with E-state index in [0.29, 0.717) is 17.4 Å². The summed E-state index contributed by atoms with van der Waals surface area (Å²) in [6.07, 6.45) is 89.8. The average molecular weight is 1200 g/mol. The van der Waals surface area contributed by atoms with E-state index in [9.17, 15) is 19.4 Å². The topological polar surface area (TPSA) is 108 Å². The molecule has 0 spiro atoms. The summed E-state index contributed by atoms with van der Waals surface area (Å²) in [6, 6.07) is -0.904. The number of carbonyl (C=O) groups excluding carboxylic acids is 1. The van der Waals surface area contributed by atoms with E-state index < -0.39 is 20.0 Å². The standard InChI is InChI=1S/C75H145N2O6P/c1-6-8-10-12-14-16-18-20-22-24-26-28-30-32-33-34-35-36-37-38-39-40-41-42-43-45-47-49-51-53-55-57-59-61-63-65-67-69-75(79)76-73(72-83-84(80,81)82-71-70-77(3,4)5)74(78)68-66-64-62-60-58-56-54-52-50-48-46-44-31-29-27-25-23-21-19-17-15-13-11-9-7-2/h18,20,24,26,58,60,66,68,73-74,78H,6-17,19,21-23,25,27-57,59,61-65,67,69-72H2,1-5H3,(H-,76,79,80,81)/b20-18-,26-24-,60-58+,68-66+. The number of allylic oxidation sites excluding steroid dienone is 7. The lowest BCUT2D eigenvalue weighted by molar-refractivity contribution is -0.870. The Labute approximate surface area is 524 Å². The molecule has 0 aromatic carbocycles. The maximum absolute atomic E-state index is 13.0. The van der Waals surface area contributed by atoms with Crippen molar-refractivity contribution in [1.82, 2.24) is 5.32 Å². The van der Waals surface area contributed by atoms with Crippen molar-refractivity contribution in [3.63, 3.8) is 0 Å². The van der Waals surface area contributed by atoms with Crippen LogP contribution in [0.25, 0.3) is 0 Å². The van der Waals surface area contributed by atoms with E-state index in [1.807, 2.05) is 27.2 Å². The van der Waals surface area contributed by atoms with Crippen molar-refractivity contribution in [2.75, 3.05) is 40.9 Å². The van der Waals surface area contributed by atoms with Gasteiger partial charge in [-0.25, -0.2) is 0 Å². The van der Waals surface area contributed by atoms with Crippen molar-refractivity contribution in [2.24, 2.45) is 0 Å². The van der Waals surface area contributed by atoms with Gasteiger partial charge in [0.15, 0.2) is 0 Å². The van der Waals surface area contributed by atoms with Crippen LogP contribution >= 0.6 is 7.82 Å². The number of rotatable bonds is 69. The van der Waals surface area contributed by atoms with Gasteiger partial charge < -0.3 is 28.8 Å². The number of nitrogens with zero attached hydrogens (tertiary/aromatic N) is 1. The summed E-state index contributed by atoms with van der Waals surface area (Å²) >= 11 is 0. The molecular weight excluding hydrogens is 1060 g/mol. The third-order valence-corrected chi connectivity index (χ3v) is 18.0. The van der Waals surface area contributed by atoms with Crippen LogP contribution in [0.3, 0.4) is 0 Å². The Morgan fingerprint density at radius 3 is 1.04 bits per heavy atom. The van der Waals surface area contributed by atoms with Crippen molar-refractivity contribution in [2.45, 2.75) is 386 Å². The zero-order valence-electron chi connectivity index (χ0n) is 56.9. The van der Waals surface area contributed by atoms with Crippen LogP contribution in [0, 0.1) is 0 Å². The molecule has 496 valence electrons. The number of carbonyl (C=O) groups is 1. The van der Waals surface area contributed by atoms with Crippen LogP contribution in [0.2, 0.25) is 0 Å². The van der Waals surface area contributed by atoms with Gasteiger partial charge in [-0.1, -0.05) is 351 Å². The van der Waals surface area contributed by atoms with Gasteiger partial charge >= 0.3 is 0 Å². The highest BCUT2D eigenvalue weighted by molar-refractivity contribution is 7.45. The summed E-state index contributed by atoms with van der Waals surface area (Å²) in [5, 5.41) is 14.0. The fourth-order valence-electron chi connectivity index (χ4n) is 11.3. The molecule has 0 radical (unpaired) electrons. The predicted molar refractivity (Wildman–Crippen MR) is 367 cm³/mol. The van der Waals surface area contributed by atoms with Crippen LogP contribution in [-0.4, -0.2) is 68.5 Å². The second kappa shape index (κ2) is 65.9. The number of quaternary nitrogens is 1. The first-order valence-corrected chi connectivity index (χ1v) is 38.5. The molecule has 0 aliphatic carbocycles. The third kappa shape index (κ3) is 68.0. The van der Waals surface area contributed by atoms with Crippen LogP contribution in [0.5, 0.6) is 0 Å². The lowest BCUT2D eigenvalue weighted by atomic mass is 10.0. The zero-order valence-corrected chi connectivity index (χ0v) is 57.8.